The smallest absolute Gasteiger partial charge is 0.236 e. The first kappa shape index (κ1) is 11.0. The van der Waals surface area contributed by atoms with Gasteiger partial charge in [-0.15, -0.1) is 0 Å². The Morgan fingerprint density at radius 2 is 2.21 bits per heavy atom. The van der Waals surface area contributed by atoms with Crippen molar-refractivity contribution in [3.63, 3.8) is 0 Å². The van der Waals surface area contributed by atoms with Crippen LogP contribution in [0.1, 0.15) is 26.2 Å². The van der Waals surface area contributed by atoms with Crippen LogP contribution in [0.5, 0.6) is 0 Å². The average Bonchev–Trinajstić information content (AvgIpc) is 2.44. The van der Waals surface area contributed by atoms with Gasteiger partial charge in [0.05, 0.1) is 12.0 Å². The molecule has 2 atom stereocenters. The van der Waals surface area contributed by atoms with Crippen LogP contribution in [0.15, 0.2) is 0 Å². The largest absolute Gasteiger partial charge is 0.368 e. The molecule has 1 aliphatic rings. The number of amides is 2. The van der Waals surface area contributed by atoms with E-state index >= 15 is 0 Å². The fraction of sp³-hybridized carbons (Fsp3) is 0.778. The molecule has 0 aromatic heterocycles. The minimum absolute atomic E-state index is 0.110. The molecule has 0 bridgehead atoms. The van der Waals surface area contributed by atoms with Gasteiger partial charge in [-0.1, -0.05) is 6.42 Å². The van der Waals surface area contributed by atoms with E-state index in [1.807, 2.05) is 6.92 Å². The fourth-order valence-corrected chi connectivity index (χ4v) is 1.84. The zero-order valence-corrected chi connectivity index (χ0v) is 8.38. The maximum atomic E-state index is 11.7. The number of hydrogen-bond acceptors (Lipinski definition) is 3. The van der Waals surface area contributed by atoms with Crippen molar-refractivity contribution in [2.24, 2.45) is 16.9 Å². The van der Waals surface area contributed by atoms with E-state index in [4.69, 9.17) is 11.5 Å². The SMILES string of the molecule is CC1(C(=O)NCC(N)=O)CCCC1N. The lowest BCUT2D eigenvalue weighted by Crippen LogP contribution is -2.49. The molecule has 1 aliphatic carbocycles. The highest BCUT2D eigenvalue weighted by atomic mass is 16.2. The summed E-state index contributed by atoms with van der Waals surface area (Å²) in [6.45, 7) is 1.72. The summed E-state index contributed by atoms with van der Waals surface area (Å²) >= 11 is 0. The summed E-state index contributed by atoms with van der Waals surface area (Å²) in [7, 11) is 0. The predicted molar refractivity (Wildman–Crippen MR) is 52.1 cm³/mol. The van der Waals surface area contributed by atoms with Crippen LogP contribution in [-0.2, 0) is 9.59 Å². The van der Waals surface area contributed by atoms with Gasteiger partial charge in [0.15, 0.2) is 0 Å². The quantitative estimate of drug-likeness (QED) is 0.549. The Kier molecular flexibility index (Phi) is 3.10. The Labute approximate surface area is 83.2 Å². The van der Waals surface area contributed by atoms with Crippen LogP contribution in [0.3, 0.4) is 0 Å². The summed E-state index contributed by atoms with van der Waals surface area (Å²) in [5.41, 5.74) is 10.2. The van der Waals surface area contributed by atoms with Crippen LogP contribution in [0, 0.1) is 5.41 Å². The van der Waals surface area contributed by atoms with Crippen molar-refractivity contribution in [3.05, 3.63) is 0 Å². The van der Waals surface area contributed by atoms with Gasteiger partial charge in [-0.3, -0.25) is 9.59 Å². The molecule has 5 N–H and O–H groups in total. The minimum atomic E-state index is -0.534. The first-order valence-corrected chi connectivity index (χ1v) is 4.79. The Bertz CT molecular complexity index is 254. The summed E-state index contributed by atoms with van der Waals surface area (Å²) in [6, 6.07) is -0.115. The van der Waals surface area contributed by atoms with Crippen molar-refractivity contribution in [1.29, 1.82) is 0 Å². The van der Waals surface area contributed by atoms with Gasteiger partial charge in [-0.05, 0) is 19.8 Å². The fourth-order valence-electron chi connectivity index (χ4n) is 1.84. The number of hydrogen-bond donors (Lipinski definition) is 3. The first-order valence-electron chi connectivity index (χ1n) is 4.79. The minimum Gasteiger partial charge on any atom is -0.368 e. The van der Waals surface area contributed by atoms with E-state index < -0.39 is 11.3 Å². The van der Waals surface area contributed by atoms with Crippen molar-refractivity contribution >= 4 is 11.8 Å². The number of rotatable bonds is 3. The summed E-state index contributed by atoms with van der Waals surface area (Å²) in [6.07, 6.45) is 2.60. The maximum absolute atomic E-state index is 11.7. The topological polar surface area (TPSA) is 98.2 Å². The molecule has 80 valence electrons. The molecule has 2 amide bonds. The van der Waals surface area contributed by atoms with Gasteiger partial charge in [-0.2, -0.15) is 0 Å². The molecule has 5 heteroatoms. The molecular weight excluding hydrogens is 182 g/mol. The van der Waals surface area contributed by atoms with Crippen LogP contribution in [0.2, 0.25) is 0 Å². The predicted octanol–water partition coefficient (Wildman–Crippen LogP) is -0.895. The molecule has 2 unspecified atom stereocenters. The van der Waals surface area contributed by atoms with E-state index in [2.05, 4.69) is 5.32 Å². The van der Waals surface area contributed by atoms with E-state index in [1.165, 1.54) is 0 Å². The summed E-state index contributed by atoms with van der Waals surface area (Å²) in [5.74, 6) is -0.699. The maximum Gasteiger partial charge on any atom is 0.236 e. The van der Waals surface area contributed by atoms with E-state index in [1.54, 1.807) is 0 Å². The van der Waals surface area contributed by atoms with Gasteiger partial charge < -0.3 is 16.8 Å². The van der Waals surface area contributed by atoms with E-state index in [0.717, 1.165) is 19.3 Å². The van der Waals surface area contributed by atoms with Crippen LogP contribution in [0.4, 0.5) is 0 Å². The van der Waals surface area contributed by atoms with Gasteiger partial charge in [0.25, 0.3) is 0 Å². The third-order valence-electron chi connectivity index (χ3n) is 2.97. The number of carbonyl (C=O) groups excluding carboxylic acids is 2. The van der Waals surface area contributed by atoms with Gasteiger partial charge in [0.2, 0.25) is 11.8 Å². The van der Waals surface area contributed by atoms with Crippen molar-refractivity contribution < 1.29 is 9.59 Å². The normalized spacial score (nSPS) is 31.4. The highest BCUT2D eigenvalue weighted by molar-refractivity contribution is 5.87. The average molecular weight is 199 g/mol. The molecule has 1 rings (SSSR count). The number of carbonyl (C=O) groups is 2. The van der Waals surface area contributed by atoms with Crippen LogP contribution >= 0.6 is 0 Å². The van der Waals surface area contributed by atoms with Crippen LogP contribution < -0.4 is 16.8 Å². The van der Waals surface area contributed by atoms with Crippen LogP contribution in [-0.4, -0.2) is 24.4 Å². The standard InChI is InChI=1S/C9H17N3O2/c1-9(4-2-3-6(9)10)8(14)12-5-7(11)13/h6H,2-5,10H2,1H3,(H2,11,13)(H,12,14). The number of nitrogens with two attached hydrogens (primary N) is 2. The third kappa shape index (κ3) is 2.04. The lowest BCUT2D eigenvalue weighted by Gasteiger charge is -2.27. The second-order valence-corrected chi connectivity index (χ2v) is 4.07. The highest BCUT2D eigenvalue weighted by Crippen LogP contribution is 2.36. The van der Waals surface area contributed by atoms with Crippen molar-refractivity contribution in [2.75, 3.05) is 6.54 Å². The van der Waals surface area contributed by atoms with Gasteiger partial charge in [0, 0.05) is 6.04 Å². The second kappa shape index (κ2) is 3.96. The zero-order chi connectivity index (χ0) is 10.8. The lowest BCUT2D eigenvalue weighted by molar-refractivity contribution is -0.132. The first-order chi connectivity index (χ1) is 6.47. The Morgan fingerprint density at radius 1 is 1.57 bits per heavy atom. The van der Waals surface area contributed by atoms with Gasteiger partial charge in [-0.25, -0.2) is 0 Å². The molecule has 0 aliphatic heterocycles. The lowest BCUT2D eigenvalue weighted by atomic mass is 9.84. The summed E-state index contributed by atoms with van der Waals surface area (Å²) < 4.78 is 0. The molecule has 1 saturated carbocycles. The van der Waals surface area contributed by atoms with E-state index in [9.17, 15) is 9.59 Å². The number of nitrogens with one attached hydrogen (secondary N) is 1. The van der Waals surface area contributed by atoms with E-state index in [0.29, 0.717) is 0 Å². The van der Waals surface area contributed by atoms with Crippen molar-refractivity contribution in [2.45, 2.75) is 32.2 Å². The Hall–Kier alpha value is -1.10. The molecule has 0 saturated heterocycles. The van der Waals surface area contributed by atoms with Crippen LogP contribution in [0.25, 0.3) is 0 Å². The van der Waals surface area contributed by atoms with E-state index in [-0.39, 0.29) is 18.5 Å². The molecule has 14 heavy (non-hydrogen) atoms. The molecule has 0 aromatic carbocycles. The summed E-state index contributed by atoms with van der Waals surface area (Å²) in [4.78, 5) is 22.2. The zero-order valence-electron chi connectivity index (χ0n) is 8.38. The molecule has 0 heterocycles. The molecule has 5 nitrogen and oxygen atoms in total. The monoisotopic (exact) mass is 199 g/mol. The molecule has 0 radical (unpaired) electrons. The second-order valence-electron chi connectivity index (χ2n) is 4.07. The molecular formula is C9H17N3O2. The van der Waals surface area contributed by atoms with Crippen molar-refractivity contribution in [3.8, 4) is 0 Å². The Morgan fingerprint density at radius 3 is 2.64 bits per heavy atom. The molecule has 0 aromatic rings. The van der Waals surface area contributed by atoms with Gasteiger partial charge in [0.1, 0.15) is 0 Å². The third-order valence-corrected chi connectivity index (χ3v) is 2.97. The molecule has 0 spiro atoms. The highest BCUT2D eigenvalue weighted by Gasteiger charge is 2.42. The summed E-state index contributed by atoms with van der Waals surface area (Å²) in [5, 5.41) is 2.50. The Balaban J connectivity index is 2.54. The number of primary amides is 1. The van der Waals surface area contributed by atoms with Crippen molar-refractivity contribution in [1.82, 2.24) is 5.32 Å². The molecule has 1 fully saturated rings. The van der Waals surface area contributed by atoms with Gasteiger partial charge >= 0.3 is 0 Å².